The Morgan fingerprint density at radius 2 is 2.19 bits per heavy atom. The first kappa shape index (κ1) is 13.3. The second kappa shape index (κ2) is 6.74. The van der Waals surface area contributed by atoms with E-state index in [9.17, 15) is 9.59 Å². The first-order valence-corrected chi connectivity index (χ1v) is 6.17. The second-order valence-corrected chi connectivity index (χ2v) is 4.29. The van der Waals surface area contributed by atoms with Crippen LogP contribution in [0.1, 0.15) is 32.1 Å². The minimum atomic E-state index is -0.387. The quantitative estimate of drug-likeness (QED) is 0.560. The molecule has 0 aliphatic carbocycles. The van der Waals surface area contributed by atoms with Crippen LogP contribution in [0.5, 0.6) is 0 Å². The Hall–Kier alpha value is -0.770. The average Bonchev–Trinajstić information content (AvgIpc) is 2.35. The minimum absolute atomic E-state index is 0.00995. The monoisotopic (exact) mass is 247 g/mol. The molecule has 1 heterocycles. The summed E-state index contributed by atoms with van der Waals surface area (Å²) in [6.07, 6.45) is 3.71. The first-order chi connectivity index (χ1) is 7.70. The number of nitrogens with zero attached hydrogens (tertiary/aromatic N) is 1. The molecule has 0 bridgehead atoms. The maximum atomic E-state index is 11.8. The molecule has 1 rings (SSSR count). The summed E-state index contributed by atoms with van der Waals surface area (Å²) in [5, 5.41) is 0. The van der Waals surface area contributed by atoms with Crippen LogP contribution < -0.4 is 0 Å². The van der Waals surface area contributed by atoms with Crippen molar-refractivity contribution in [2.24, 2.45) is 0 Å². The summed E-state index contributed by atoms with van der Waals surface area (Å²) in [6, 6.07) is -0.387. The molecular weight excluding hydrogens is 230 g/mol. The molecule has 5 heteroatoms. The Labute approximate surface area is 101 Å². The Bertz CT molecular complexity index is 258. The maximum Gasteiger partial charge on any atom is 0.328 e. The molecule has 4 nitrogen and oxygen atoms in total. The number of ether oxygens (including phenoxy) is 1. The van der Waals surface area contributed by atoms with E-state index in [4.69, 9.17) is 16.3 Å². The molecule has 1 amide bonds. The van der Waals surface area contributed by atoms with Gasteiger partial charge < -0.3 is 9.64 Å². The van der Waals surface area contributed by atoms with Crippen molar-refractivity contribution >= 4 is 23.5 Å². The fourth-order valence-electron chi connectivity index (χ4n) is 1.97. The van der Waals surface area contributed by atoms with Crippen LogP contribution in [0, 0.1) is 0 Å². The van der Waals surface area contributed by atoms with Gasteiger partial charge in [-0.05, 0) is 25.7 Å². The van der Waals surface area contributed by atoms with Crippen LogP contribution in [0.4, 0.5) is 0 Å². The first-order valence-electron chi connectivity index (χ1n) is 5.64. The number of carbonyl (C=O) groups excluding carboxylic acids is 2. The van der Waals surface area contributed by atoms with Gasteiger partial charge in [0.25, 0.3) is 0 Å². The van der Waals surface area contributed by atoms with Crippen molar-refractivity contribution in [3.8, 4) is 0 Å². The van der Waals surface area contributed by atoms with E-state index in [1.165, 1.54) is 7.11 Å². The van der Waals surface area contributed by atoms with E-state index in [1.54, 1.807) is 4.90 Å². The van der Waals surface area contributed by atoms with Crippen LogP contribution in [0.3, 0.4) is 0 Å². The third kappa shape index (κ3) is 3.37. The van der Waals surface area contributed by atoms with Crippen molar-refractivity contribution in [3.05, 3.63) is 0 Å². The van der Waals surface area contributed by atoms with Gasteiger partial charge in [-0.15, -0.1) is 11.6 Å². The van der Waals surface area contributed by atoms with E-state index in [2.05, 4.69) is 0 Å². The molecular formula is C11H18ClNO3. The van der Waals surface area contributed by atoms with E-state index >= 15 is 0 Å². The van der Waals surface area contributed by atoms with Crippen molar-refractivity contribution in [1.82, 2.24) is 4.90 Å². The number of halogens is 1. The van der Waals surface area contributed by atoms with Crippen LogP contribution >= 0.6 is 11.6 Å². The summed E-state index contributed by atoms with van der Waals surface area (Å²) < 4.78 is 4.72. The zero-order valence-corrected chi connectivity index (χ0v) is 10.3. The van der Waals surface area contributed by atoms with Crippen LogP contribution in [-0.2, 0) is 14.3 Å². The van der Waals surface area contributed by atoms with Gasteiger partial charge in [0.1, 0.15) is 6.04 Å². The molecule has 1 aliphatic heterocycles. The van der Waals surface area contributed by atoms with Gasteiger partial charge >= 0.3 is 5.97 Å². The molecule has 92 valence electrons. The number of piperidine rings is 1. The van der Waals surface area contributed by atoms with Gasteiger partial charge in [-0.3, -0.25) is 4.79 Å². The molecule has 0 N–H and O–H groups in total. The minimum Gasteiger partial charge on any atom is -0.467 e. The lowest BCUT2D eigenvalue weighted by Gasteiger charge is -2.33. The highest BCUT2D eigenvalue weighted by atomic mass is 35.5. The van der Waals surface area contributed by atoms with Crippen molar-refractivity contribution in [3.63, 3.8) is 0 Å². The predicted octanol–water partition coefficient (Wildman–Crippen LogP) is 1.56. The lowest BCUT2D eigenvalue weighted by atomic mass is 10.0. The third-order valence-corrected chi connectivity index (χ3v) is 3.09. The topological polar surface area (TPSA) is 46.6 Å². The Morgan fingerprint density at radius 3 is 2.81 bits per heavy atom. The number of hydrogen-bond acceptors (Lipinski definition) is 3. The second-order valence-electron chi connectivity index (χ2n) is 3.91. The molecule has 1 atom stereocenters. The normalized spacial score (nSPS) is 20.6. The molecule has 0 radical (unpaired) electrons. The highest BCUT2D eigenvalue weighted by Crippen LogP contribution is 2.19. The van der Waals surface area contributed by atoms with E-state index in [1.807, 2.05) is 0 Å². The Morgan fingerprint density at radius 1 is 1.44 bits per heavy atom. The van der Waals surface area contributed by atoms with E-state index in [-0.39, 0.29) is 17.9 Å². The summed E-state index contributed by atoms with van der Waals surface area (Å²) in [4.78, 5) is 25.0. The predicted molar refractivity (Wildman–Crippen MR) is 61.3 cm³/mol. The lowest BCUT2D eigenvalue weighted by Crippen LogP contribution is -2.48. The number of amides is 1. The van der Waals surface area contributed by atoms with E-state index in [0.29, 0.717) is 31.7 Å². The molecule has 0 aromatic heterocycles. The Kier molecular flexibility index (Phi) is 5.60. The summed E-state index contributed by atoms with van der Waals surface area (Å²) in [7, 11) is 1.36. The number of hydrogen-bond donors (Lipinski definition) is 0. The van der Waals surface area contributed by atoms with Gasteiger partial charge in [-0.25, -0.2) is 4.79 Å². The summed E-state index contributed by atoms with van der Waals surface area (Å²) >= 11 is 5.55. The standard InChI is InChI=1S/C11H18ClNO3/c1-16-11(15)9-5-2-3-8-13(9)10(14)6-4-7-12/h9H,2-8H2,1H3. The Balaban J connectivity index is 2.59. The van der Waals surface area contributed by atoms with Gasteiger partial charge in [0.2, 0.25) is 5.91 Å². The van der Waals surface area contributed by atoms with Crippen molar-refractivity contribution in [2.45, 2.75) is 38.1 Å². The van der Waals surface area contributed by atoms with Gasteiger partial charge in [-0.1, -0.05) is 0 Å². The molecule has 0 aromatic rings. The SMILES string of the molecule is COC(=O)C1CCCCN1C(=O)CCCCl. The van der Waals surface area contributed by atoms with Gasteiger partial charge in [0.15, 0.2) is 0 Å². The largest absolute Gasteiger partial charge is 0.467 e. The fourth-order valence-corrected chi connectivity index (χ4v) is 2.11. The number of rotatable bonds is 4. The van der Waals surface area contributed by atoms with Crippen molar-refractivity contribution in [2.75, 3.05) is 19.5 Å². The van der Waals surface area contributed by atoms with Gasteiger partial charge in [-0.2, -0.15) is 0 Å². The van der Waals surface area contributed by atoms with Crippen molar-refractivity contribution in [1.29, 1.82) is 0 Å². The van der Waals surface area contributed by atoms with Gasteiger partial charge in [0, 0.05) is 18.8 Å². The number of likely N-dealkylation sites (tertiary alicyclic amines) is 1. The molecule has 0 spiro atoms. The van der Waals surface area contributed by atoms with Crippen molar-refractivity contribution < 1.29 is 14.3 Å². The summed E-state index contributed by atoms with van der Waals surface area (Å²) in [5.41, 5.74) is 0. The van der Waals surface area contributed by atoms with Crippen LogP contribution in [0.2, 0.25) is 0 Å². The van der Waals surface area contributed by atoms with Crippen LogP contribution in [0.15, 0.2) is 0 Å². The molecule has 1 saturated heterocycles. The van der Waals surface area contributed by atoms with E-state index < -0.39 is 0 Å². The number of alkyl halides is 1. The number of esters is 1. The molecule has 1 fully saturated rings. The highest BCUT2D eigenvalue weighted by Gasteiger charge is 2.32. The molecule has 1 aliphatic rings. The van der Waals surface area contributed by atoms with Crippen LogP contribution in [0.25, 0.3) is 0 Å². The maximum absolute atomic E-state index is 11.8. The fraction of sp³-hybridized carbons (Fsp3) is 0.818. The highest BCUT2D eigenvalue weighted by molar-refractivity contribution is 6.17. The van der Waals surface area contributed by atoms with Crippen LogP contribution in [-0.4, -0.2) is 42.4 Å². The summed E-state index contributed by atoms with van der Waals surface area (Å²) in [5.74, 6) is 0.178. The molecule has 0 aromatic carbocycles. The third-order valence-electron chi connectivity index (χ3n) is 2.82. The lowest BCUT2D eigenvalue weighted by molar-refractivity contribution is -0.154. The van der Waals surface area contributed by atoms with Gasteiger partial charge in [0.05, 0.1) is 7.11 Å². The summed E-state index contributed by atoms with van der Waals surface area (Å²) in [6.45, 7) is 0.654. The van der Waals surface area contributed by atoms with E-state index in [0.717, 1.165) is 12.8 Å². The zero-order chi connectivity index (χ0) is 12.0. The average molecular weight is 248 g/mol. The number of methoxy groups -OCH3 is 1. The molecule has 16 heavy (non-hydrogen) atoms. The zero-order valence-electron chi connectivity index (χ0n) is 9.58. The molecule has 0 saturated carbocycles. The smallest absolute Gasteiger partial charge is 0.328 e. The number of carbonyl (C=O) groups is 2. The molecule has 1 unspecified atom stereocenters.